The molecule has 2 rings (SSSR count). The van der Waals surface area contributed by atoms with Gasteiger partial charge in [0.25, 0.3) is 0 Å². The Morgan fingerprint density at radius 2 is 2.00 bits per heavy atom. The quantitative estimate of drug-likeness (QED) is 0.589. The molecule has 0 aromatic rings. The molecule has 2 heteroatoms. The summed E-state index contributed by atoms with van der Waals surface area (Å²) in [5.41, 5.74) is 0. The molecule has 2 saturated heterocycles. The minimum Gasteiger partial charge on any atom is -0.308 e. The number of nitrogens with zero attached hydrogens (tertiary/aromatic N) is 2. The van der Waals surface area contributed by atoms with Gasteiger partial charge in [-0.05, 0) is 13.3 Å². The van der Waals surface area contributed by atoms with Gasteiger partial charge in [-0.3, -0.25) is 4.90 Å². The Balaban J connectivity index is 1.98. The standard InChI is InChI=1S/C11H23N2/c1-3-6-12-9-11(2)13(10-12)7-4-5-8-13/h11H,3-10H2,1-2H3/q+1. The molecule has 2 nitrogen and oxygen atoms in total. The lowest BCUT2D eigenvalue weighted by atomic mass is 10.3. The third-order valence-electron chi connectivity index (χ3n) is 3.94. The van der Waals surface area contributed by atoms with Gasteiger partial charge in [-0.1, -0.05) is 6.92 Å². The summed E-state index contributed by atoms with van der Waals surface area (Å²) < 4.78 is 1.42. The second kappa shape index (κ2) is 3.58. The molecule has 0 saturated carbocycles. The highest BCUT2D eigenvalue weighted by Gasteiger charge is 2.44. The first kappa shape index (κ1) is 9.47. The van der Waals surface area contributed by atoms with Gasteiger partial charge in [0.05, 0.1) is 19.6 Å². The maximum absolute atomic E-state index is 2.66. The van der Waals surface area contributed by atoms with Gasteiger partial charge in [-0.2, -0.15) is 0 Å². The lowest BCUT2D eigenvalue weighted by molar-refractivity contribution is -0.929. The van der Waals surface area contributed by atoms with E-state index in [9.17, 15) is 0 Å². The summed E-state index contributed by atoms with van der Waals surface area (Å²) in [6.45, 7) is 11.6. The minimum absolute atomic E-state index is 0.897. The van der Waals surface area contributed by atoms with Crippen LogP contribution in [0.4, 0.5) is 0 Å². The van der Waals surface area contributed by atoms with Crippen molar-refractivity contribution in [3.8, 4) is 0 Å². The van der Waals surface area contributed by atoms with Crippen LogP contribution in [0, 0.1) is 0 Å². The molecule has 0 aromatic heterocycles. The summed E-state index contributed by atoms with van der Waals surface area (Å²) in [6, 6.07) is 0.897. The van der Waals surface area contributed by atoms with E-state index in [1.54, 1.807) is 0 Å². The van der Waals surface area contributed by atoms with Gasteiger partial charge in [-0.25, -0.2) is 0 Å². The van der Waals surface area contributed by atoms with E-state index in [1.165, 1.54) is 56.6 Å². The summed E-state index contributed by atoms with van der Waals surface area (Å²) in [7, 11) is 0. The smallest absolute Gasteiger partial charge is 0.135 e. The van der Waals surface area contributed by atoms with Crippen molar-refractivity contribution in [3.05, 3.63) is 0 Å². The Hall–Kier alpha value is -0.0800. The number of hydrogen-bond donors (Lipinski definition) is 0. The predicted molar refractivity (Wildman–Crippen MR) is 55.4 cm³/mol. The van der Waals surface area contributed by atoms with E-state index in [0.717, 1.165) is 6.04 Å². The Morgan fingerprint density at radius 1 is 1.31 bits per heavy atom. The monoisotopic (exact) mass is 183 g/mol. The van der Waals surface area contributed by atoms with Crippen LogP contribution in [0.25, 0.3) is 0 Å². The molecule has 2 aliphatic heterocycles. The van der Waals surface area contributed by atoms with Crippen molar-refractivity contribution >= 4 is 0 Å². The van der Waals surface area contributed by atoms with E-state index in [2.05, 4.69) is 18.7 Å². The fourth-order valence-electron chi connectivity index (χ4n) is 3.17. The van der Waals surface area contributed by atoms with Gasteiger partial charge < -0.3 is 4.48 Å². The van der Waals surface area contributed by atoms with Crippen molar-refractivity contribution in [1.82, 2.24) is 4.90 Å². The van der Waals surface area contributed by atoms with E-state index in [0.29, 0.717) is 0 Å². The molecule has 0 radical (unpaired) electrons. The fourth-order valence-corrected chi connectivity index (χ4v) is 3.17. The maximum atomic E-state index is 2.66. The third-order valence-corrected chi connectivity index (χ3v) is 3.94. The zero-order valence-corrected chi connectivity index (χ0v) is 9.13. The second-order valence-electron chi connectivity index (χ2n) is 4.94. The van der Waals surface area contributed by atoms with Gasteiger partial charge in [0, 0.05) is 19.4 Å². The lowest BCUT2D eigenvalue weighted by Gasteiger charge is -2.33. The van der Waals surface area contributed by atoms with Gasteiger partial charge in [0.15, 0.2) is 0 Å². The molecule has 0 N–H and O–H groups in total. The fraction of sp³-hybridized carbons (Fsp3) is 1.00. The van der Waals surface area contributed by atoms with Crippen LogP contribution in [0.2, 0.25) is 0 Å². The normalized spacial score (nSPS) is 33.2. The summed E-state index contributed by atoms with van der Waals surface area (Å²) in [6.07, 6.45) is 4.24. The van der Waals surface area contributed by atoms with Crippen LogP contribution in [0.1, 0.15) is 33.1 Å². The number of quaternary nitrogens is 1. The molecule has 1 spiro atoms. The molecule has 76 valence electrons. The molecule has 13 heavy (non-hydrogen) atoms. The summed E-state index contributed by atoms with van der Waals surface area (Å²) in [4.78, 5) is 2.66. The molecule has 0 amide bonds. The maximum Gasteiger partial charge on any atom is 0.135 e. The second-order valence-corrected chi connectivity index (χ2v) is 4.94. The van der Waals surface area contributed by atoms with Crippen LogP contribution in [0.5, 0.6) is 0 Å². The van der Waals surface area contributed by atoms with Crippen LogP contribution >= 0.6 is 0 Å². The van der Waals surface area contributed by atoms with Crippen LogP contribution in [0.3, 0.4) is 0 Å². The summed E-state index contributed by atoms with van der Waals surface area (Å²) >= 11 is 0. The Kier molecular flexibility index (Phi) is 2.61. The molecular weight excluding hydrogens is 160 g/mol. The number of rotatable bonds is 2. The van der Waals surface area contributed by atoms with Crippen molar-refractivity contribution in [2.24, 2.45) is 0 Å². The first-order valence-electron chi connectivity index (χ1n) is 5.85. The van der Waals surface area contributed by atoms with Gasteiger partial charge in [-0.15, -0.1) is 0 Å². The first-order chi connectivity index (χ1) is 6.27. The SMILES string of the molecule is CCCN1CC(C)[N+]2(CCCC2)C1. The Labute approximate surface area is 82.1 Å². The average molecular weight is 183 g/mol. The molecule has 2 aliphatic rings. The third kappa shape index (κ3) is 1.62. The van der Waals surface area contributed by atoms with Crippen molar-refractivity contribution in [3.63, 3.8) is 0 Å². The van der Waals surface area contributed by atoms with E-state index in [-0.39, 0.29) is 0 Å². The predicted octanol–water partition coefficient (Wildman–Crippen LogP) is 1.67. The Morgan fingerprint density at radius 3 is 2.62 bits per heavy atom. The van der Waals surface area contributed by atoms with Crippen LogP contribution in [-0.4, -0.2) is 48.3 Å². The minimum atomic E-state index is 0.897. The molecule has 0 bridgehead atoms. The topological polar surface area (TPSA) is 3.24 Å². The van der Waals surface area contributed by atoms with Crippen molar-refractivity contribution in [2.75, 3.05) is 32.8 Å². The van der Waals surface area contributed by atoms with Gasteiger partial charge in [0.1, 0.15) is 12.7 Å². The lowest BCUT2D eigenvalue weighted by Crippen LogP contribution is -2.49. The van der Waals surface area contributed by atoms with Gasteiger partial charge in [0.2, 0.25) is 0 Å². The van der Waals surface area contributed by atoms with Crippen molar-refractivity contribution in [1.29, 1.82) is 0 Å². The average Bonchev–Trinajstić information content (AvgIpc) is 2.64. The van der Waals surface area contributed by atoms with Gasteiger partial charge >= 0.3 is 0 Å². The molecule has 0 aliphatic carbocycles. The summed E-state index contributed by atoms with van der Waals surface area (Å²) in [5.74, 6) is 0. The molecule has 1 unspecified atom stereocenters. The Bertz CT molecular complexity index is 173. The van der Waals surface area contributed by atoms with Crippen LogP contribution in [-0.2, 0) is 0 Å². The first-order valence-corrected chi connectivity index (χ1v) is 5.85. The highest BCUT2D eigenvalue weighted by atomic mass is 15.5. The molecule has 2 heterocycles. The molecule has 1 atom stereocenters. The molecule has 2 fully saturated rings. The zero-order valence-electron chi connectivity index (χ0n) is 9.13. The number of hydrogen-bond acceptors (Lipinski definition) is 1. The highest BCUT2D eigenvalue weighted by molar-refractivity contribution is 4.72. The van der Waals surface area contributed by atoms with Crippen molar-refractivity contribution < 1.29 is 4.48 Å². The van der Waals surface area contributed by atoms with Crippen molar-refractivity contribution in [2.45, 2.75) is 39.2 Å². The largest absolute Gasteiger partial charge is 0.308 e. The molecular formula is C11H23N2+. The van der Waals surface area contributed by atoms with E-state index in [1.807, 2.05) is 0 Å². The van der Waals surface area contributed by atoms with Crippen LogP contribution < -0.4 is 0 Å². The highest BCUT2D eigenvalue weighted by Crippen LogP contribution is 2.29. The van der Waals surface area contributed by atoms with E-state index >= 15 is 0 Å². The van der Waals surface area contributed by atoms with Crippen LogP contribution in [0.15, 0.2) is 0 Å². The molecule has 0 aromatic carbocycles. The zero-order chi connectivity index (χ0) is 9.31. The summed E-state index contributed by atoms with van der Waals surface area (Å²) in [5, 5.41) is 0. The van der Waals surface area contributed by atoms with E-state index in [4.69, 9.17) is 0 Å². The van der Waals surface area contributed by atoms with E-state index < -0.39 is 0 Å².